The van der Waals surface area contributed by atoms with E-state index in [1.807, 2.05) is 20.8 Å². The molecule has 0 unspecified atom stereocenters. The van der Waals surface area contributed by atoms with Crippen LogP contribution in [0.1, 0.15) is 54.7 Å². The van der Waals surface area contributed by atoms with Crippen LogP contribution in [0.15, 0.2) is 24.3 Å². The van der Waals surface area contributed by atoms with E-state index in [1.54, 1.807) is 0 Å². The molecule has 2 aromatic carbocycles. The number of hydrogen-bond donors (Lipinski definition) is 2. The Morgan fingerprint density at radius 2 is 1.75 bits per heavy atom. The predicted molar refractivity (Wildman–Crippen MR) is 119 cm³/mol. The van der Waals surface area contributed by atoms with Gasteiger partial charge in [0.2, 0.25) is 0 Å². The first-order valence-corrected chi connectivity index (χ1v) is 10.4. The molecule has 1 heterocycles. The number of nitrogens with zero attached hydrogens (tertiary/aromatic N) is 1. The van der Waals surface area contributed by atoms with Gasteiger partial charge in [0.05, 0.1) is 21.5 Å². The van der Waals surface area contributed by atoms with Crippen molar-refractivity contribution in [2.75, 3.05) is 0 Å². The zero-order valence-electron chi connectivity index (χ0n) is 17.8. The van der Waals surface area contributed by atoms with Gasteiger partial charge >= 0.3 is 5.97 Å². The smallest absolute Gasteiger partial charge is 0.311 e. The minimum atomic E-state index is -1.32. The molecule has 0 aliphatic carbocycles. The lowest BCUT2D eigenvalue weighted by molar-refractivity contribution is -0.139. The normalized spacial score (nSPS) is 12.9. The number of phenolic OH excluding ortho intramolecular Hbond substituents is 1. The molecule has 9 heteroatoms. The number of aromatic hydroxyl groups is 1. The predicted octanol–water partition coefficient (Wildman–Crippen LogP) is 6.53. The Hall–Kier alpha value is -2.64. The summed E-state index contributed by atoms with van der Waals surface area (Å²) in [6.07, 6.45) is 0.112. The maximum Gasteiger partial charge on any atom is 0.311 e. The van der Waals surface area contributed by atoms with Crippen molar-refractivity contribution < 1.29 is 28.6 Å². The maximum absolute atomic E-state index is 15.1. The Morgan fingerprint density at radius 1 is 1.12 bits per heavy atom. The number of aliphatic carboxylic acids is 1. The summed E-state index contributed by atoms with van der Waals surface area (Å²) < 4.78 is 30.4. The molecule has 32 heavy (non-hydrogen) atoms. The quantitative estimate of drug-likeness (QED) is 0.441. The highest BCUT2D eigenvalue weighted by Crippen LogP contribution is 2.42. The lowest BCUT2D eigenvalue weighted by Crippen LogP contribution is -2.21. The largest absolute Gasteiger partial charge is 0.503 e. The number of carboxylic acids is 1. The van der Waals surface area contributed by atoms with Crippen LogP contribution < -0.4 is 0 Å². The Bertz CT molecular complexity index is 1260. The molecule has 1 aromatic heterocycles. The molecule has 170 valence electrons. The third-order valence-electron chi connectivity index (χ3n) is 5.24. The topological polar surface area (TPSA) is 79.5 Å². The Balaban J connectivity index is 2.40. The molecule has 0 spiro atoms. The van der Waals surface area contributed by atoms with Crippen molar-refractivity contribution in [2.45, 2.75) is 40.0 Å². The number of phenols is 1. The summed E-state index contributed by atoms with van der Waals surface area (Å²) >= 11 is 11.9. The highest BCUT2D eigenvalue weighted by molar-refractivity contribution is 6.42. The van der Waals surface area contributed by atoms with E-state index < -0.39 is 40.6 Å². The lowest BCUT2D eigenvalue weighted by atomic mass is 9.80. The van der Waals surface area contributed by atoms with Crippen LogP contribution in [-0.4, -0.2) is 26.7 Å². The van der Waals surface area contributed by atoms with Crippen LogP contribution in [0.4, 0.5) is 8.78 Å². The molecular formula is C23H21Cl2F2NO4. The molecule has 3 rings (SSSR count). The molecule has 1 atom stereocenters. The fraction of sp³-hybridized carbons (Fsp3) is 0.304. The third kappa shape index (κ3) is 4.19. The summed E-state index contributed by atoms with van der Waals surface area (Å²) in [5.41, 5.74) is -0.444. The second kappa shape index (κ2) is 8.37. The van der Waals surface area contributed by atoms with Crippen molar-refractivity contribution in [3.05, 3.63) is 62.8 Å². The molecule has 2 N–H and O–H groups in total. The maximum atomic E-state index is 15.1. The molecule has 0 saturated carbocycles. The molecule has 0 bridgehead atoms. The fourth-order valence-corrected chi connectivity index (χ4v) is 4.18. The lowest BCUT2D eigenvalue weighted by Gasteiger charge is -2.24. The number of carboxylic acid groups (broad SMARTS) is 1. The summed E-state index contributed by atoms with van der Waals surface area (Å²) in [7, 11) is 0. The van der Waals surface area contributed by atoms with Crippen molar-refractivity contribution in [3.63, 3.8) is 0 Å². The minimum absolute atomic E-state index is 0.00337. The standard InChI is InChI=1S/C23H21Cl2F2NO4/c1-10-17(12(22(31)32)9-23(2,3)4)18-16(8-15(26)20(29)19(18)27)28(10)21(30)11-5-6-13(24)14(25)7-11/h5-8,12,29H,9H2,1-4H3,(H,31,32)/t12-/m0/s1. The van der Waals surface area contributed by atoms with Crippen LogP contribution >= 0.6 is 23.2 Å². The van der Waals surface area contributed by atoms with Crippen molar-refractivity contribution in [3.8, 4) is 5.75 Å². The summed E-state index contributed by atoms with van der Waals surface area (Å²) in [6, 6.07) is 4.94. The first-order chi connectivity index (χ1) is 14.7. The van der Waals surface area contributed by atoms with Crippen LogP contribution in [0.3, 0.4) is 0 Å². The van der Waals surface area contributed by atoms with Crippen LogP contribution in [0.2, 0.25) is 10.0 Å². The van der Waals surface area contributed by atoms with Crippen LogP contribution in [0, 0.1) is 24.0 Å². The average molecular weight is 484 g/mol. The highest BCUT2D eigenvalue weighted by Gasteiger charge is 2.35. The van der Waals surface area contributed by atoms with E-state index in [0.29, 0.717) is 0 Å². The van der Waals surface area contributed by atoms with Crippen molar-refractivity contribution in [2.24, 2.45) is 5.41 Å². The molecule has 0 amide bonds. The first-order valence-electron chi connectivity index (χ1n) is 9.69. The van der Waals surface area contributed by atoms with E-state index in [9.17, 15) is 24.2 Å². The third-order valence-corrected chi connectivity index (χ3v) is 5.98. The summed E-state index contributed by atoms with van der Waals surface area (Å²) in [5, 5.41) is 19.8. The van der Waals surface area contributed by atoms with E-state index in [0.717, 1.165) is 10.6 Å². The van der Waals surface area contributed by atoms with Crippen molar-refractivity contribution in [1.82, 2.24) is 4.57 Å². The zero-order chi connectivity index (χ0) is 24.1. The van der Waals surface area contributed by atoms with Gasteiger partial charge in [-0.2, -0.15) is 0 Å². The van der Waals surface area contributed by atoms with E-state index in [2.05, 4.69) is 0 Å². The molecule has 0 aliphatic heterocycles. The second-order valence-electron chi connectivity index (χ2n) is 8.84. The average Bonchev–Trinajstić information content (AvgIpc) is 2.96. The van der Waals surface area contributed by atoms with Gasteiger partial charge in [-0.1, -0.05) is 44.0 Å². The summed E-state index contributed by atoms with van der Waals surface area (Å²) in [6.45, 7) is 6.93. The van der Waals surface area contributed by atoms with Crippen molar-refractivity contribution >= 4 is 46.0 Å². The van der Waals surface area contributed by atoms with Gasteiger partial charge in [-0.15, -0.1) is 0 Å². The Labute approximate surface area is 193 Å². The van der Waals surface area contributed by atoms with Gasteiger partial charge in [-0.05, 0) is 42.5 Å². The molecule has 5 nitrogen and oxygen atoms in total. The highest BCUT2D eigenvalue weighted by atomic mass is 35.5. The molecule has 0 fully saturated rings. The number of carbonyl (C=O) groups excluding carboxylic acids is 1. The van der Waals surface area contributed by atoms with Gasteiger partial charge in [0.25, 0.3) is 5.91 Å². The number of rotatable bonds is 4. The number of benzene rings is 2. The van der Waals surface area contributed by atoms with Gasteiger partial charge in [-0.3, -0.25) is 14.2 Å². The molecule has 0 radical (unpaired) electrons. The van der Waals surface area contributed by atoms with E-state index in [1.165, 1.54) is 25.1 Å². The monoisotopic (exact) mass is 483 g/mol. The minimum Gasteiger partial charge on any atom is -0.503 e. The van der Waals surface area contributed by atoms with E-state index in [4.69, 9.17) is 23.2 Å². The second-order valence-corrected chi connectivity index (χ2v) is 9.65. The SMILES string of the molecule is Cc1c([C@H](CC(C)(C)C)C(=O)O)c2c(F)c(O)c(F)cc2n1C(=O)c1ccc(Cl)c(Cl)c1. The van der Waals surface area contributed by atoms with E-state index in [-0.39, 0.29) is 44.2 Å². The molecular weight excluding hydrogens is 463 g/mol. The fourth-order valence-electron chi connectivity index (χ4n) is 3.88. The molecule has 0 saturated heterocycles. The van der Waals surface area contributed by atoms with Gasteiger partial charge in [0.15, 0.2) is 17.4 Å². The summed E-state index contributed by atoms with van der Waals surface area (Å²) in [4.78, 5) is 25.5. The van der Waals surface area contributed by atoms with Crippen LogP contribution in [0.5, 0.6) is 5.75 Å². The van der Waals surface area contributed by atoms with Crippen molar-refractivity contribution in [1.29, 1.82) is 0 Å². The number of hydrogen-bond acceptors (Lipinski definition) is 3. The molecule has 3 aromatic rings. The molecule has 0 aliphatic rings. The van der Waals surface area contributed by atoms with Crippen LogP contribution in [-0.2, 0) is 4.79 Å². The Kier molecular flexibility index (Phi) is 6.28. The number of fused-ring (bicyclic) bond motifs is 1. The van der Waals surface area contributed by atoms with E-state index >= 15 is 4.39 Å². The van der Waals surface area contributed by atoms with Crippen LogP contribution in [0.25, 0.3) is 10.9 Å². The van der Waals surface area contributed by atoms with Gasteiger partial charge in [0.1, 0.15) is 0 Å². The Morgan fingerprint density at radius 3 is 2.28 bits per heavy atom. The first kappa shape index (κ1) is 24.0. The van der Waals surface area contributed by atoms with Gasteiger partial charge < -0.3 is 10.2 Å². The van der Waals surface area contributed by atoms with Gasteiger partial charge in [0, 0.05) is 22.7 Å². The zero-order valence-corrected chi connectivity index (χ0v) is 19.3. The van der Waals surface area contributed by atoms with Gasteiger partial charge in [-0.25, -0.2) is 8.78 Å². The number of carbonyl (C=O) groups is 2. The number of aromatic nitrogens is 1. The number of halogens is 4. The summed E-state index contributed by atoms with van der Waals surface area (Å²) in [5.74, 6) is -6.95.